The molecular weight excluding hydrogens is 410 g/mol. The number of aliphatic imine (C=N–C) groups is 1. The Morgan fingerprint density at radius 2 is 1.94 bits per heavy atom. The molecule has 0 radical (unpaired) electrons. The summed E-state index contributed by atoms with van der Waals surface area (Å²) in [5.74, 6) is 2.83. The number of aryl methyl sites for hydroxylation is 1. The molecule has 0 saturated heterocycles. The minimum Gasteiger partial charge on any atom is -0.494 e. The van der Waals surface area contributed by atoms with Gasteiger partial charge in [-0.25, -0.2) is 9.97 Å². The van der Waals surface area contributed by atoms with Crippen molar-refractivity contribution in [2.45, 2.75) is 33.2 Å². The largest absolute Gasteiger partial charge is 0.494 e. The number of nitrogens with zero attached hydrogens (tertiary/aromatic N) is 3. The highest BCUT2D eigenvalue weighted by molar-refractivity contribution is 7.09. The van der Waals surface area contributed by atoms with Crippen molar-refractivity contribution < 1.29 is 9.47 Å². The van der Waals surface area contributed by atoms with Gasteiger partial charge in [-0.2, -0.15) is 0 Å². The van der Waals surface area contributed by atoms with Gasteiger partial charge in [-0.1, -0.05) is 13.0 Å². The zero-order chi connectivity index (χ0) is 21.9. The number of pyridine rings is 1. The first-order valence-corrected chi connectivity index (χ1v) is 11.3. The first-order chi connectivity index (χ1) is 15.2. The molecule has 0 fully saturated rings. The van der Waals surface area contributed by atoms with E-state index in [0.717, 1.165) is 47.4 Å². The minimum atomic E-state index is 0.538. The van der Waals surface area contributed by atoms with E-state index in [9.17, 15) is 0 Å². The fourth-order valence-corrected chi connectivity index (χ4v) is 3.46. The molecule has 7 nitrogen and oxygen atoms in total. The van der Waals surface area contributed by atoms with Crippen LogP contribution in [0.15, 0.2) is 53.0 Å². The molecule has 8 heteroatoms. The molecule has 0 unspecified atom stereocenters. The van der Waals surface area contributed by atoms with Crippen LogP contribution in [0.2, 0.25) is 0 Å². The van der Waals surface area contributed by atoms with Gasteiger partial charge < -0.3 is 20.1 Å². The summed E-state index contributed by atoms with van der Waals surface area (Å²) in [6, 6.07) is 11.5. The lowest BCUT2D eigenvalue weighted by Crippen LogP contribution is -2.38. The zero-order valence-corrected chi connectivity index (χ0v) is 19.0. The molecular formula is C23H29N5O2S. The molecule has 3 aromatic rings. The van der Waals surface area contributed by atoms with Gasteiger partial charge in [0.15, 0.2) is 5.96 Å². The molecule has 2 N–H and O–H groups in total. The Labute approximate surface area is 187 Å². The smallest absolute Gasteiger partial charge is 0.224 e. The van der Waals surface area contributed by atoms with E-state index in [-0.39, 0.29) is 0 Å². The standard InChI is InChI=1S/C23H29N5O2S/c1-4-14-29-20-7-9-21(10-8-20)30-22-18(6-5-12-25-22)15-27-23(24-3)26-13-11-19-16-31-17(2)28-19/h5-10,12,16H,4,11,13-15H2,1-3H3,(H2,24,26,27). The molecule has 0 aliphatic carbocycles. The Hall–Kier alpha value is -3.13. The summed E-state index contributed by atoms with van der Waals surface area (Å²) in [5.41, 5.74) is 2.03. The van der Waals surface area contributed by atoms with E-state index in [4.69, 9.17) is 9.47 Å². The first-order valence-electron chi connectivity index (χ1n) is 10.4. The lowest BCUT2D eigenvalue weighted by atomic mass is 10.2. The highest BCUT2D eigenvalue weighted by Gasteiger charge is 2.08. The SMILES string of the molecule is CCCOc1ccc(Oc2ncccc2CNC(=NC)NCCc2csc(C)n2)cc1. The first kappa shape index (κ1) is 22.6. The molecule has 0 bridgehead atoms. The van der Waals surface area contributed by atoms with E-state index in [1.807, 2.05) is 43.3 Å². The van der Waals surface area contributed by atoms with Gasteiger partial charge in [-0.3, -0.25) is 4.99 Å². The molecule has 0 amide bonds. The van der Waals surface area contributed by atoms with Gasteiger partial charge in [0.25, 0.3) is 0 Å². The summed E-state index contributed by atoms with van der Waals surface area (Å²) in [7, 11) is 1.76. The van der Waals surface area contributed by atoms with Crippen molar-refractivity contribution in [3.8, 4) is 17.4 Å². The summed E-state index contributed by atoms with van der Waals surface area (Å²) in [5, 5.41) is 9.81. The van der Waals surface area contributed by atoms with Gasteiger partial charge in [-0.15, -0.1) is 11.3 Å². The van der Waals surface area contributed by atoms with Gasteiger partial charge in [0.2, 0.25) is 5.88 Å². The molecule has 0 saturated carbocycles. The highest BCUT2D eigenvalue weighted by atomic mass is 32.1. The van der Waals surface area contributed by atoms with Crippen LogP contribution in [0, 0.1) is 6.92 Å². The fraction of sp³-hybridized carbons (Fsp3) is 0.348. The van der Waals surface area contributed by atoms with Gasteiger partial charge >= 0.3 is 0 Å². The fourth-order valence-electron chi connectivity index (χ4n) is 2.82. The maximum Gasteiger partial charge on any atom is 0.224 e. The lowest BCUT2D eigenvalue weighted by Gasteiger charge is -2.14. The third kappa shape index (κ3) is 7.25. The molecule has 3 rings (SSSR count). The second-order valence-electron chi connectivity index (χ2n) is 6.85. The molecule has 1 aromatic carbocycles. The van der Waals surface area contributed by atoms with Crippen LogP contribution in [0.25, 0.3) is 0 Å². The Kier molecular flexibility index (Phi) is 8.66. The van der Waals surface area contributed by atoms with Crippen LogP contribution in [0.1, 0.15) is 29.6 Å². The van der Waals surface area contributed by atoms with E-state index in [2.05, 4.69) is 37.9 Å². The number of benzene rings is 1. The second kappa shape index (κ2) is 11.9. The molecule has 0 aliphatic rings. The van der Waals surface area contributed by atoms with Crippen molar-refractivity contribution in [2.75, 3.05) is 20.2 Å². The molecule has 31 heavy (non-hydrogen) atoms. The monoisotopic (exact) mass is 439 g/mol. The van der Waals surface area contributed by atoms with Crippen LogP contribution in [-0.2, 0) is 13.0 Å². The second-order valence-corrected chi connectivity index (χ2v) is 7.91. The number of ether oxygens (including phenoxy) is 2. The van der Waals surface area contributed by atoms with Crippen LogP contribution in [0.5, 0.6) is 17.4 Å². The van der Waals surface area contributed by atoms with E-state index in [1.54, 1.807) is 24.6 Å². The van der Waals surface area contributed by atoms with Crippen LogP contribution >= 0.6 is 11.3 Å². The van der Waals surface area contributed by atoms with Crippen molar-refractivity contribution in [3.63, 3.8) is 0 Å². The molecule has 0 spiro atoms. The highest BCUT2D eigenvalue weighted by Crippen LogP contribution is 2.25. The molecule has 2 aromatic heterocycles. The number of hydrogen-bond donors (Lipinski definition) is 2. The van der Waals surface area contributed by atoms with Crippen LogP contribution in [0.4, 0.5) is 0 Å². The average Bonchev–Trinajstić information content (AvgIpc) is 3.21. The number of nitrogens with one attached hydrogen (secondary N) is 2. The maximum absolute atomic E-state index is 6.00. The summed E-state index contributed by atoms with van der Waals surface area (Å²) in [4.78, 5) is 13.2. The number of guanidine groups is 1. The predicted molar refractivity (Wildman–Crippen MR) is 125 cm³/mol. The number of rotatable bonds is 10. The van der Waals surface area contributed by atoms with E-state index in [1.165, 1.54) is 0 Å². The zero-order valence-electron chi connectivity index (χ0n) is 18.2. The van der Waals surface area contributed by atoms with Gasteiger partial charge in [-0.05, 0) is 43.7 Å². The Bertz CT molecular complexity index is 972. The molecule has 2 heterocycles. The van der Waals surface area contributed by atoms with E-state index >= 15 is 0 Å². The topological polar surface area (TPSA) is 80.7 Å². The quantitative estimate of drug-likeness (QED) is 0.361. The van der Waals surface area contributed by atoms with Gasteiger partial charge in [0.05, 0.1) is 17.3 Å². The average molecular weight is 440 g/mol. The van der Waals surface area contributed by atoms with Gasteiger partial charge in [0.1, 0.15) is 11.5 Å². The normalized spacial score (nSPS) is 11.3. The third-order valence-corrected chi connectivity index (χ3v) is 5.19. The molecule has 0 aliphatic heterocycles. The van der Waals surface area contributed by atoms with E-state index < -0.39 is 0 Å². The van der Waals surface area contributed by atoms with Crippen molar-refractivity contribution >= 4 is 17.3 Å². The van der Waals surface area contributed by atoms with Crippen molar-refractivity contribution in [1.29, 1.82) is 0 Å². The Morgan fingerprint density at radius 3 is 2.65 bits per heavy atom. The van der Waals surface area contributed by atoms with Crippen LogP contribution < -0.4 is 20.1 Å². The third-order valence-electron chi connectivity index (χ3n) is 4.37. The number of hydrogen-bond acceptors (Lipinski definition) is 6. The van der Waals surface area contributed by atoms with Crippen molar-refractivity contribution in [2.24, 2.45) is 4.99 Å². The summed E-state index contributed by atoms with van der Waals surface area (Å²) >= 11 is 1.67. The summed E-state index contributed by atoms with van der Waals surface area (Å²) < 4.78 is 11.6. The maximum atomic E-state index is 6.00. The Morgan fingerprint density at radius 1 is 1.13 bits per heavy atom. The minimum absolute atomic E-state index is 0.538. The summed E-state index contributed by atoms with van der Waals surface area (Å²) in [6.45, 7) is 6.10. The predicted octanol–water partition coefficient (Wildman–Crippen LogP) is 4.34. The molecule has 0 atom stereocenters. The van der Waals surface area contributed by atoms with Crippen molar-refractivity contribution in [1.82, 2.24) is 20.6 Å². The molecule has 164 valence electrons. The van der Waals surface area contributed by atoms with Gasteiger partial charge in [0, 0.05) is 43.7 Å². The summed E-state index contributed by atoms with van der Waals surface area (Å²) in [6.07, 6.45) is 3.55. The van der Waals surface area contributed by atoms with Crippen LogP contribution in [0.3, 0.4) is 0 Å². The van der Waals surface area contributed by atoms with E-state index in [0.29, 0.717) is 24.8 Å². The Balaban J connectivity index is 1.53. The van der Waals surface area contributed by atoms with Crippen molar-refractivity contribution in [3.05, 3.63) is 64.2 Å². The number of aromatic nitrogens is 2. The van der Waals surface area contributed by atoms with Crippen LogP contribution in [-0.4, -0.2) is 36.1 Å². The number of thiazole rings is 1. The lowest BCUT2D eigenvalue weighted by molar-refractivity contribution is 0.317.